The van der Waals surface area contributed by atoms with Gasteiger partial charge in [0.25, 0.3) is 0 Å². The Labute approximate surface area is 138 Å². The van der Waals surface area contributed by atoms with Crippen molar-refractivity contribution in [1.29, 1.82) is 0 Å². The molecule has 1 N–H and O–H groups in total. The van der Waals surface area contributed by atoms with Crippen LogP contribution in [-0.2, 0) is 13.1 Å². The number of nitrogens with one attached hydrogen (secondary N) is 1. The number of benzene rings is 2. The largest absolute Gasteiger partial charge is 0.497 e. The molecule has 2 rings (SSSR count). The molecular weight excluding hydrogens is 290 g/mol. The lowest BCUT2D eigenvalue weighted by Crippen LogP contribution is -2.13. The van der Waals surface area contributed by atoms with Crippen LogP contribution >= 0.6 is 0 Å². The van der Waals surface area contributed by atoms with Gasteiger partial charge in [-0.3, -0.25) is 0 Å². The Morgan fingerprint density at radius 2 is 1.61 bits per heavy atom. The third-order valence-electron chi connectivity index (χ3n) is 3.38. The van der Waals surface area contributed by atoms with Crippen molar-refractivity contribution in [3.05, 3.63) is 53.6 Å². The highest BCUT2D eigenvalue weighted by molar-refractivity contribution is 5.43. The molecule has 0 aliphatic heterocycles. The first-order valence-corrected chi connectivity index (χ1v) is 7.79. The zero-order chi connectivity index (χ0) is 16.7. The summed E-state index contributed by atoms with van der Waals surface area (Å²) in [4.78, 5) is 0. The van der Waals surface area contributed by atoms with Crippen LogP contribution in [0, 0.1) is 0 Å². The second-order valence-corrected chi connectivity index (χ2v) is 5.61. The van der Waals surface area contributed by atoms with Gasteiger partial charge in [0.15, 0.2) is 11.5 Å². The van der Waals surface area contributed by atoms with E-state index in [1.165, 1.54) is 5.56 Å². The standard InChI is InChI=1S/C19H25NO3/c1-14(2)23-18-9-8-16(11-19(18)22-4)13-20-12-15-6-5-7-17(10-15)21-3/h5-11,14,20H,12-13H2,1-4H3. The number of hydrogen-bond acceptors (Lipinski definition) is 4. The summed E-state index contributed by atoms with van der Waals surface area (Å²) in [5.41, 5.74) is 2.34. The molecule has 4 nitrogen and oxygen atoms in total. The fraction of sp³-hybridized carbons (Fsp3) is 0.368. The van der Waals surface area contributed by atoms with Crippen molar-refractivity contribution in [3.8, 4) is 17.2 Å². The minimum absolute atomic E-state index is 0.126. The Balaban J connectivity index is 1.95. The predicted octanol–water partition coefficient (Wildman–Crippen LogP) is 3.78. The van der Waals surface area contributed by atoms with E-state index in [0.717, 1.165) is 35.9 Å². The Bertz CT molecular complexity index is 626. The minimum Gasteiger partial charge on any atom is -0.497 e. The molecule has 23 heavy (non-hydrogen) atoms. The van der Waals surface area contributed by atoms with Gasteiger partial charge in [-0.15, -0.1) is 0 Å². The van der Waals surface area contributed by atoms with Crippen molar-refractivity contribution in [3.63, 3.8) is 0 Å². The summed E-state index contributed by atoms with van der Waals surface area (Å²) in [6.45, 7) is 5.55. The summed E-state index contributed by atoms with van der Waals surface area (Å²) in [5, 5.41) is 3.43. The summed E-state index contributed by atoms with van der Waals surface area (Å²) in [5.74, 6) is 2.42. The molecule has 0 aliphatic rings. The van der Waals surface area contributed by atoms with Crippen LogP contribution in [0.4, 0.5) is 0 Å². The maximum absolute atomic E-state index is 5.73. The van der Waals surface area contributed by atoms with Gasteiger partial charge in [-0.25, -0.2) is 0 Å². The summed E-state index contributed by atoms with van der Waals surface area (Å²) in [7, 11) is 3.34. The molecule has 2 aromatic carbocycles. The lowest BCUT2D eigenvalue weighted by atomic mass is 10.1. The van der Waals surface area contributed by atoms with Crippen LogP contribution in [0.25, 0.3) is 0 Å². The molecule has 0 unspecified atom stereocenters. The molecule has 0 atom stereocenters. The molecule has 0 bridgehead atoms. The molecule has 0 saturated heterocycles. The van der Waals surface area contributed by atoms with Crippen molar-refractivity contribution in [2.75, 3.05) is 14.2 Å². The van der Waals surface area contributed by atoms with E-state index >= 15 is 0 Å². The smallest absolute Gasteiger partial charge is 0.161 e. The van der Waals surface area contributed by atoms with Gasteiger partial charge in [-0.1, -0.05) is 18.2 Å². The van der Waals surface area contributed by atoms with Gasteiger partial charge in [0.05, 0.1) is 20.3 Å². The number of hydrogen-bond donors (Lipinski definition) is 1. The molecule has 0 heterocycles. The quantitative estimate of drug-likeness (QED) is 0.805. The van der Waals surface area contributed by atoms with Gasteiger partial charge in [-0.05, 0) is 49.2 Å². The van der Waals surface area contributed by atoms with E-state index in [1.54, 1.807) is 14.2 Å². The summed E-state index contributed by atoms with van der Waals surface area (Å²) in [6, 6.07) is 14.1. The predicted molar refractivity (Wildman–Crippen MR) is 92.3 cm³/mol. The first kappa shape index (κ1) is 17.2. The van der Waals surface area contributed by atoms with Gasteiger partial charge in [0, 0.05) is 13.1 Å². The molecule has 0 saturated carbocycles. The second kappa shape index (κ2) is 8.44. The normalized spacial score (nSPS) is 10.7. The van der Waals surface area contributed by atoms with Crippen LogP contribution in [0.3, 0.4) is 0 Å². The zero-order valence-electron chi connectivity index (χ0n) is 14.3. The van der Waals surface area contributed by atoms with Crippen LogP contribution in [0.15, 0.2) is 42.5 Å². The first-order chi connectivity index (χ1) is 11.1. The number of rotatable bonds is 8. The van der Waals surface area contributed by atoms with Crippen molar-refractivity contribution in [1.82, 2.24) is 5.32 Å². The van der Waals surface area contributed by atoms with Crippen LogP contribution < -0.4 is 19.5 Å². The average molecular weight is 315 g/mol. The van der Waals surface area contributed by atoms with E-state index < -0.39 is 0 Å². The van der Waals surface area contributed by atoms with Crippen molar-refractivity contribution < 1.29 is 14.2 Å². The molecule has 0 aromatic heterocycles. The van der Waals surface area contributed by atoms with E-state index in [0.29, 0.717) is 0 Å². The van der Waals surface area contributed by atoms with Crippen LogP contribution in [0.5, 0.6) is 17.2 Å². The van der Waals surface area contributed by atoms with E-state index in [9.17, 15) is 0 Å². The lowest BCUT2D eigenvalue weighted by molar-refractivity contribution is 0.230. The van der Waals surface area contributed by atoms with Crippen molar-refractivity contribution in [2.24, 2.45) is 0 Å². The SMILES string of the molecule is COc1cccc(CNCc2ccc(OC(C)C)c(OC)c2)c1. The highest BCUT2D eigenvalue weighted by atomic mass is 16.5. The fourth-order valence-corrected chi connectivity index (χ4v) is 2.31. The third-order valence-corrected chi connectivity index (χ3v) is 3.38. The molecule has 124 valence electrons. The van der Waals surface area contributed by atoms with Crippen molar-refractivity contribution in [2.45, 2.75) is 33.0 Å². The number of ether oxygens (including phenoxy) is 3. The average Bonchev–Trinajstić information content (AvgIpc) is 2.56. The van der Waals surface area contributed by atoms with Crippen LogP contribution in [-0.4, -0.2) is 20.3 Å². The molecule has 0 aliphatic carbocycles. The van der Waals surface area contributed by atoms with E-state index in [1.807, 2.05) is 44.2 Å². The van der Waals surface area contributed by atoms with Crippen molar-refractivity contribution >= 4 is 0 Å². The molecule has 2 aromatic rings. The van der Waals surface area contributed by atoms with E-state index in [2.05, 4.69) is 17.4 Å². The Morgan fingerprint density at radius 3 is 2.26 bits per heavy atom. The highest BCUT2D eigenvalue weighted by Gasteiger charge is 2.07. The molecule has 0 amide bonds. The third kappa shape index (κ3) is 5.18. The van der Waals surface area contributed by atoms with Gasteiger partial charge in [0.1, 0.15) is 5.75 Å². The highest BCUT2D eigenvalue weighted by Crippen LogP contribution is 2.29. The minimum atomic E-state index is 0.126. The number of methoxy groups -OCH3 is 2. The molecule has 0 radical (unpaired) electrons. The lowest BCUT2D eigenvalue weighted by Gasteiger charge is -2.15. The zero-order valence-corrected chi connectivity index (χ0v) is 14.3. The second-order valence-electron chi connectivity index (χ2n) is 5.61. The molecule has 4 heteroatoms. The van der Waals surface area contributed by atoms with Gasteiger partial charge >= 0.3 is 0 Å². The molecule has 0 fully saturated rings. The molecular formula is C19H25NO3. The molecule has 0 spiro atoms. The topological polar surface area (TPSA) is 39.7 Å². The maximum Gasteiger partial charge on any atom is 0.161 e. The summed E-state index contributed by atoms with van der Waals surface area (Å²) in [6.07, 6.45) is 0.126. The summed E-state index contributed by atoms with van der Waals surface area (Å²) >= 11 is 0. The monoisotopic (exact) mass is 315 g/mol. The van der Waals surface area contributed by atoms with Crippen LogP contribution in [0.2, 0.25) is 0 Å². The Kier molecular flexibility index (Phi) is 6.29. The van der Waals surface area contributed by atoms with Gasteiger partial charge in [-0.2, -0.15) is 0 Å². The first-order valence-electron chi connectivity index (χ1n) is 7.79. The Morgan fingerprint density at radius 1 is 0.870 bits per heavy atom. The van der Waals surface area contributed by atoms with Gasteiger partial charge < -0.3 is 19.5 Å². The van der Waals surface area contributed by atoms with E-state index in [-0.39, 0.29) is 6.10 Å². The Hall–Kier alpha value is -2.20. The van der Waals surface area contributed by atoms with E-state index in [4.69, 9.17) is 14.2 Å². The maximum atomic E-state index is 5.73. The van der Waals surface area contributed by atoms with Gasteiger partial charge in [0.2, 0.25) is 0 Å². The fourth-order valence-electron chi connectivity index (χ4n) is 2.31. The summed E-state index contributed by atoms with van der Waals surface area (Å²) < 4.78 is 16.4. The van der Waals surface area contributed by atoms with Crippen LogP contribution in [0.1, 0.15) is 25.0 Å².